The SMILES string of the molecule is C.C.C.C.C.C.C.C.C.C.C.C.C.C.C.C.C.C.CO[Si](C)(OC)OC.CO[Si](C)(OC)OC.CO[Si](C)(OC)OC.CO[Si](C)(OC)OC.CO[Si](C)(OC)OC.CO[Si](C)(OC)OC.CO[Si](C)(OC)OC.CO[Si](C)(OC)OC.CO[Si](C)(OC)OC. The summed E-state index contributed by atoms with van der Waals surface area (Å²) < 4.78 is 133. The molecule has 0 heterocycles. The van der Waals surface area contributed by atoms with Gasteiger partial charge in [0, 0.05) is 251 Å². The van der Waals surface area contributed by atoms with E-state index in [4.69, 9.17) is 120 Å². The average Bonchev–Trinajstić information content (AvgIpc) is 3.46. The van der Waals surface area contributed by atoms with Gasteiger partial charge >= 0.3 is 79.2 Å². The van der Waals surface area contributed by atoms with E-state index in [1.807, 2.05) is 58.9 Å². The molecule has 0 aromatic heterocycles. The van der Waals surface area contributed by atoms with Crippen molar-refractivity contribution < 1.29 is 120 Å². The highest BCUT2D eigenvalue weighted by atomic mass is 28.4. The fraction of sp³-hybridized carbons (Fsp3) is 1.00. The summed E-state index contributed by atoms with van der Waals surface area (Å²) >= 11 is 0. The quantitative estimate of drug-likeness (QED) is 0.0693. The summed E-state index contributed by atoms with van der Waals surface area (Å²) in [6.07, 6.45) is 0. The lowest BCUT2D eigenvalue weighted by Gasteiger charge is -2.18. The van der Waals surface area contributed by atoms with Gasteiger partial charge < -0.3 is 120 Å². The Morgan fingerprint density at radius 3 is 0.111 bits per heavy atom. The minimum Gasteiger partial charge on any atom is -0.377 e. The third kappa shape index (κ3) is 102. The van der Waals surface area contributed by atoms with E-state index in [-0.39, 0.29) is 134 Å². The molecule has 0 bridgehead atoms. The van der Waals surface area contributed by atoms with E-state index in [1.165, 1.54) is 0 Å². The maximum atomic E-state index is 4.93. The van der Waals surface area contributed by atoms with Crippen LogP contribution in [0.25, 0.3) is 0 Å². The lowest BCUT2D eigenvalue weighted by molar-refractivity contribution is 0.131. The molecule has 90 heavy (non-hydrogen) atoms. The number of hydrogen-bond donors (Lipinski definition) is 0. The first-order chi connectivity index (χ1) is 33.1. The van der Waals surface area contributed by atoms with E-state index in [0.29, 0.717) is 0 Å². The third-order valence-electron chi connectivity index (χ3n) is 10.0. The van der Waals surface area contributed by atoms with Crippen LogP contribution in [0, 0.1) is 0 Å². The second kappa shape index (κ2) is 106. The summed E-state index contributed by atoms with van der Waals surface area (Å²) in [5, 5.41) is 0. The van der Waals surface area contributed by atoms with Gasteiger partial charge in [0.2, 0.25) is 0 Å². The largest absolute Gasteiger partial charge is 0.496 e. The van der Waals surface area contributed by atoms with Gasteiger partial charge in [-0.1, -0.05) is 134 Å². The van der Waals surface area contributed by atoms with Gasteiger partial charge in [0.1, 0.15) is 0 Å². The van der Waals surface area contributed by atoms with Gasteiger partial charge in [-0.15, -0.1) is 0 Å². The highest BCUT2D eigenvalue weighted by molar-refractivity contribution is 6.61. The molecule has 0 aliphatic rings. The maximum Gasteiger partial charge on any atom is 0.496 e. The van der Waals surface area contributed by atoms with Crippen molar-refractivity contribution in [1.29, 1.82) is 0 Å². The first kappa shape index (κ1) is 180. The predicted molar refractivity (Wildman–Crippen MR) is 415 cm³/mol. The molecule has 0 saturated carbocycles. The molecule has 0 spiro atoms. The van der Waals surface area contributed by atoms with Gasteiger partial charge in [-0.2, -0.15) is 0 Å². The van der Waals surface area contributed by atoms with Crippen LogP contribution < -0.4 is 0 Å². The Bertz CT molecular complexity index is 759. The molecule has 0 saturated heterocycles. The Balaban J connectivity index is -0.0000000194. The second-order valence-electron chi connectivity index (χ2n) is 13.3. The molecular weight excluding hydrogens is 1330 g/mol. The van der Waals surface area contributed by atoms with E-state index in [9.17, 15) is 0 Å². The topological polar surface area (TPSA) is 249 Å². The second-order valence-corrected chi connectivity index (χ2v) is 39.8. The first-order valence-corrected chi connectivity index (χ1v) is 41.1. The van der Waals surface area contributed by atoms with Gasteiger partial charge in [-0.05, 0) is 0 Å². The van der Waals surface area contributed by atoms with Crippen LogP contribution in [0.4, 0.5) is 0 Å². The Labute approximate surface area is 580 Å². The maximum absolute atomic E-state index is 4.93. The van der Waals surface area contributed by atoms with Crippen LogP contribution in [0.1, 0.15) is 134 Å². The third-order valence-corrected chi connectivity index (χ3v) is 30.0. The average molecular weight is 1510 g/mol. The zero-order valence-corrected chi connectivity index (χ0v) is 60.5. The Kier molecular flexibility index (Phi) is 212. The molecule has 0 aliphatic heterocycles. The zero-order valence-electron chi connectivity index (χ0n) is 51.5. The Hall–Kier alpha value is 0.872. The van der Waals surface area contributed by atoms with E-state index in [2.05, 4.69) is 0 Å². The van der Waals surface area contributed by atoms with Crippen molar-refractivity contribution in [2.45, 2.75) is 193 Å². The molecular formula is C54H180O27Si9. The lowest BCUT2D eigenvalue weighted by atomic mass is 11.8. The van der Waals surface area contributed by atoms with E-state index < -0.39 is 79.2 Å². The van der Waals surface area contributed by atoms with Crippen LogP contribution >= 0.6 is 0 Å². The van der Waals surface area contributed by atoms with Gasteiger partial charge in [-0.3, -0.25) is 0 Å². The molecule has 0 fully saturated rings. The highest BCUT2D eigenvalue weighted by Crippen LogP contribution is 2.07. The minimum atomic E-state index is -2.17. The molecule has 0 aliphatic carbocycles. The smallest absolute Gasteiger partial charge is 0.377 e. The summed E-state index contributed by atoms with van der Waals surface area (Å²) in [6, 6.07) is 0. The lowest BCUT2D eigenvalue weighted by Crippen LogP contribution is -2.38. The van der Waals surface area contributed by atoms with E-state index in [1.54, 1.807) is 192 Å². The molecule has 0 amide bonds. The fourth-order valence-corrected chi connectivity index (χ4v) is 6.75. The summed E-state index contributed by atoms with van der Waals surface area (Å²) in [5.74, 6) is 0. The monoisotopic (exact) mass is 1510 g/mol. The van der Waals surface area contributed by atoms with Crippen LogP contribution in [-0.4, -0.2) is 271 Å². The van der Waals surface area contributed by atoms with Crippen molar-refractivity contribution in [2.75, 3.05) is 192 Å². The molecule has 27 nitrogen and oxygen atoms in total. The summed E-state index contributed by atoms with van der Waals surface area (Å²) in [5.41, 5.74) is 0. The molecule has 0 radical (unpaired) electrons. The first-order valence-electron chi connectivity index (χ1n) is 21.0. The normalized spacial score (nSPS) is 9.60. The molecule has 594 valence electrons. The van der Waals surface area contributed by atoms with Gasteiger partial charge in [-0.25, -0.2) is 0 Å². The van der Waals surface area contributed by atoms with Crippen LogP contribution in [0.15, 0.2) is 0 Å². The molecule has 0 unspecified atom stereocenters. The van der Waals surface area contributed by atoms with Crippen molar-refractivity contribution in [2.24, 2.45) is 0 Å². The summed E-state index contributed by atoms with van der Waals surface area (Å²) in [4.78, 5) is 0. The Morgan fingerprint density at radius 2 is 0.111 bits per heavy atom. The van der Waals surface area contributed by atoms with Crippen LogP contribution in [0.3, 0.4) is 0 Å². The van der Waals surface area contributed by atoms with E-state index >= 15 is 0 Å². The van der Waals surface area contributed by atoms with Crippen LogP contribution in [-0.2, 0) is 120 Å². The molecule has 36 heteroatoms. The van der Waals surface area contributed by atoms with Crippen LogP contribution in [0.5, 0.6) is 0 Å². The van der Waals surface area contributed by atoms with Gasteiger partial charge in [0.15, 0.2) is 0 Å². The van der Waals surface area contributed by atoms with Gasteiger partial charge in [0.25, 0.3) is 0 Å². The zero-order chi connectivity index (χ0) is 59.6. The minimum absolute atomic E-state index is 0. The van der Waals surface area contributed by atoms with Crippen molar-refractivity contribution in [1.82, 2.24) is 0 Å². The standard InChI is InChI=1S/9C4H12O3Si.18CH4/c9*1-5-8(4,6-2)7-3;;;;;;;;;;;;;;;;;;/h9*1-4H3;18*1H4. The van der Waals surface area contributed by atoms with Crippen LogP contribution in [0.2, 0.25) is 58.9 Å². The molecule has 0 aromatic carbocycles. The Morgan fingerprint density at radius 1 is 0.0889 bits per heavy atom. The molecule has 0 atom stereocenters. The summed E-state index contributed by atoms with van der Waals surface area (Å²) in [6.45, 7) is 16.4. The number of hydrogen-bond acceptors (Lipinski definition) is 27. The van der Waals surface area contributed by atoms with Crippen molar-refractivity contribution >= 4 is 79.2 Å². The molecule has 0 N–H and O–H groups in total. The van der Waals surface area contributed by atoms with Gasteiger partial charge in [0.05, 0.1) is 0 Å². The van der Waals surface area contributed by atoms with Crippen molar-refractivity contribution in [3.8, 4) is 0 Å². The fourth-order valence-electron chi connectivity index (χ4n) is 2.25. The molecule has 0 aromatic rings. The molecule has 0 rings (SSSR count). The highest BCUT2D eigenvalue weighted by Gasteiger charge is 2.34. The van der Waals surface area contributed by atoms with Crippen molar-refractivity contribution in [3.63, 3.8) is 0 Å². The predicted octanol–water partition coefficient (Wildman–Crippen LogP) is 15.9. The number of rotatable bonds is 27. The van der Waals surface area contributed by atoms with E-state index in [0.717, 1.165) is 0 Å². The summed E-state index contributed by atoms with van der Waals surface area (Å²) in [7, 11) is 23.2. The van der Waals surface area contributed by atoms with Crippen molar-refractivity contribution in [3.05, 3.63) is 0 Å².